The lowest BCUT2D eigenvalue weighted by Crippen LogP contribution is -2.48. The van der Waals surface area contributed by atoms with Gasteiger partial charge in [-0.25, -0.2) is 0 Å². The summed E-state index contributed by atoms with van der Waals surface area (Å²) in [5.41, 5.74) is 2.29. The molecule has 0 bridgehead atoms. The predicted octanol–water partition coefficient (Wildman–Crippen LogP) is 5.45. The van der Waals surface area contributed by atoms with E-state index in [-0.39, 0.29) is 37.3 Å². The molecule has 3 amide bonds. The Kier molecular flexibility index (Phi) is 9.41. The summed E-state index contributed by atoms with van der Waals surface area (Å²) in [6, 6.07) is 29.3. The molecule has 3 aliphatic heterocycles. The van der Waals surface area contributed by atoms with Crippen LogP contribution in [0.3, 0.4) is 0 Å². The molecule has 4 aromatic carbocycles. The summed E-state index contributed by atoms with van der Waals surface area (Å²) in [6.45, 7) is 5.72. The fourth-order valence-electron chi connectivity index (χ4n) is 8.56. The highest BCUT2D eigenvalue weighted by Crippen LogP contribution is 2.58. The fraction of sp³-hybridized carbons (Fsp3) is 0.357. The van der Waals surface area contributed by atoms with Crippen LogP contribution in [0.15, 0.2) is 97.1 Å². The van der Waals surface area contributed by atoms with Crippen LogP contribution in [0.5, 0.6) is 5.75 Å². The van der Waals surface area contributed by atoms with Gasteiger partial charge in [0.25, 0.3) is 11.8 Å². The number of hydrogen-bond donors (Lipinski definition) is 3. The van der Waals surface area contributed by atoms with Crippen LogP contribution in [-0.2, 0) is 39.4 Å². The van der Waals surface area contributed by atoms with Crippen molar-refractivity contribution >= 4 is 29.1 Å². The first-order chi connectivity index (χ1) is 24.9. The largest absolute Gasteiger partial charge is 0.497 e. The first-order valence-corrected chi connectivity index (χ1v) is 17.8. The normalized spacial score (nSPS) is 23.8. The third-order valence-corrected chi connectivity index (χ3v) is 11.0. The average molecular weight is 704 g/mol. The molecule has 0 aromatic heterocycles. The number of hydrogen-bond acceptors (Lipinski definition) is 7. The van der Waals surface area contributed by atoms with Crippen LogP contribution in [0.25, 0.3) is 0 Å². The van der Waals surface area contributed by atoms with Gasteiger partial charge in [0.15, 0.2) is 5.60 Å². The minimum Gasteiger partial charge on any atom is -0.497 e. The fourth-order valence-corrected chi connectivity index (χ4v) is 8.56. The summed E-state index contributed by atoms with van der Waals surface area (Å²) in [7, 11) is 1.56. The van der Waals surface area contributed by atoms with E-state index in [0.29, 0.717) is 41.2 Å². The molecule has 3 N–H and O–H groups in total. The van der Waals surface area contributed by atoms with Crippen molar-refractivity contribution in [2.45, 2.75) is 70.1 Å². The minimum atomic E-state index is -1.55. The molecule has 1 saturated heterocycles. The monoisotopic (exact) mass is 703 g/mol. The number of aliphatic hydroxyl groups excluding tert-OH is 1. The topological polar surface area (TPSA) is 129 Å². The molecule has 1 spiro atoms. The van der Waals surface area contributed by atoms with Crippen molar-refractivity contribution in [3.8, 4) is 5.75 Å². The maximum atomic E-state index is 14.9. The van der Waals surface area contributed by atoms with Crippen molar-refractivity contribution in [1.82, 2.24) is 4.90 Å². The molecule has 10 heteroatoms. The van der Waals surface area contributed by atoms with Gasteiger partial charge in [0.2, 0.25) is 5.91 Å². The number of carbonyl (C=O) groups is 3. The Hall–Kier alpha value is -5.03. The molecule has 4 aromatic rings. The quantitative estimate of drug-likeness (QED) is 0.212. The number of anilines is 2. The highest BCUT2D eigenvalue weighted by molar-refractivity contribution is 6.09. The number of nitrogens with one attached hydrogen (secondary N) is 1. The van der Waals surface area contributed by atoms with Crippen molar-refractivity contribution in [1.29, 1.82) is 0 Å². The van der Waals surface area contributed by atoms with Crippen LogP contribution in [-0.4, -0.2) is 64.3 Å². The molecule has 5 atom stereocenters. The highest BCUT2D eigenvalue weighted by atomic mass is 16.5. The molecule has 10 nitrogen and oxygen atoms in total. The van der Waals surface area contributed by atoms with Crippen molar-refractivity contribution < 1.29 is 34.1 Å². The van der Waals surface area contributed by atoms with Gasteiger partial charge in [-0.05, 0) is 79.4 Å². The second kappa shape index (κ2) is 13.8. The first-order valence-electron chi connectivity index (χ1n) is 17.8. The Morgan fingerprint density at radius 2 is 1.67 bits per heavy atom. The number of aliphatic hydroxyl groups is 2. The molecule has 7 rings (SSSR count). The van der Waals surface area contributed by atoms with E-state index in [9.17, 15) is 24.6 Å². The number of benzene rings is 4. The zero-order valence-electron chi connectivity index (χ0n) is 29.9. The van der Waals surface area contributed by atoms with Crippen LogP contribution in [0.1, 0.15) is 59.8 Å². The second-order valence-corrected chi connectivity index (χ2v) is 14.7. The molecule has 3 heterocycles. The Labute approximate surface area is 304 Å². The van der Waals surface area contributed by atoms with Gasteiger partial charge in [-0.15, -0.1) is 0 Å². The van der Waals surface area contributed by atoms with Crippen molar-refractivity contribution in [2.75, 3.05) is 23.9 Å². The van der Waals surface area contributed by atoms with Gasteiger partial charge < -0.3 is 34.8 Å². The molecule has 270 valence electrons. The van der Waals surface area contributed by atoms with Crippen LogP contribution in [0.2, 0.25) is 0 Å². The summed E-state index contributed by atoms with van der Waals surface area (Å²) in [5.74, 6) is -1.40. The third-order valence-electron chi connectivity index (χ3n) is 11.0. The third kappa shape index (κ3) is 6.25. The summed E-state index contributed by atoms with van der Waals surface area (Å²) in [4.78, 5) is 45.9. The van der Waals surface area contributed by atoms with E-state index in [1.165, 1.54) is 0 Å². The maximum Gasteiger partial charge on any atom is 0.264 e. The SMILES string of the molecule is COc1ccc(C(=O)Nc2ccc3c(c2)[C@@]2(O[C@H](CC(=O)N4Cc5ccccc5C[C@H]4CO)[C@@H](C(C)(C)O)[C@@H]2C)C(=O)N3Cc2ccccc2)cc1. The summed E-state index contributed by atoms with van der Waals surface area (Å²) in [6.07, 6.45) is -0.385. The van der Waals surface area contributed by atoms with Gasteiger partial charge in [0.05, 0.1) is 50.1 Å². The number of methoxy groups -OCH3 is 1. The van der Waals surface area contributed by atoms with E-state index in [0.717, 1.165) is 16.7 Å². The molecule has 0 unspecified atom stereocenters. The van der Waals surface area contributed by atoms with Gasteiger partial charge in [-0.1, -0.05) is 61.5 Å². The predicted molar refractivity (Wildman–Crippen MR) is 197 cm³/mol. The molecular weight excluding hydrogens is 658 g/mol. The van der Waals surface area contributed by atoms with Gasteiger partial charge in [-0.2, -0.15) is 0 Å². The zero-order valence-corrected chi connectivity index (χ0v) is 29.9. The van der Waals surface area contributed by atoms with Crippen LogP contribution in [0, 0.1) is 11.8 Å². The lowest BCUT2D eigenvalue weighted by molar-refractivity contribution is -0.151. The Bertz CT molecular complexity index is 1980. The van der Waals surface area contributed by atoms with Crippen LogP contribution >= 0.6 is 0 Å². The Morgan fingerprint density at radius 1 is 0.981 bits per heavy atom. The number of ether oxygens (including phenoxy) is 2. The van der Waals surface area contributed by atoms with Gasteiger partial charge >= 0.3 is 0 Å². The molecular formula is C42H45N3O7. The first kappa shape index (κ1) is 35.4. The van der Waals surface area contributed by atoms with Crippen molar-refractivity contribution in [2.24, 2.45) is 11.8 Å². The number of carbonyl (C=O) groups excluding carboxylic acids is 3. The van der Waals surface area contributed by atoms with E-state index < -0.39 is 35.2 Å². The number of rotatable bonds is 9. The van der Waals surface area contributed by atoms with Crippen LogP contribution in [0.4, 0.5) is 11.4 Å². The molecule has 3 aliphatic rings. The summed E-state index contributed by atoms with van der Waals surface area (Å²) < 4.78 is 12.2. The maximum absolute atomic E-state index is 14.9. The Morgan fingerprint density at radius 3 is 2.35 bits per heavy atom. The van der Waals surface area contributed by atoms with Gasteiger partial charge in [-0.3, -0.25) is 14.4 Å². The van der Waals surface area contributed by atoms with E-state index in [1.807, 2.05) is 67.6 Å². The lowest BCUT2D eigenvalue weighted by atomic mass is 9.70. The number of amides is 3. The van der Waals surface area contributed by atoms with E-state index >= 15 is 0 Å². The number of fused-ring (bicyclic) bond motifs is 3. The molecule has 0 aliphatic carbocycles. The van der Waals surface area contributed by atoms with Gasteiger partial charge in [0.1, 0.15) is 5.75 Å². The molecule has 0 radical (unpaired) electrons. The van der Waals surface area contributed by atoms with E-state index in [4.69, 9.17) is 9.47 Å². The minimum absolute atomic E-state index is 0.0887. The van der Waals surface area contributed by atoms with E-state index in [1.54, 1.807) is 67.2 Å². The van der Waals surface area contributed by atoms with Crippen LogP contribution < -0.4 is 15.0 Å². The second-order valence-electron chi connectivity index (χ2n) is 14.7. The standard InChI is InChI=1S/C42H45N3O7/c1-26-38(41(2,3)50)36(22-37(47)44-24-30-13-9-8-12-29(30)20-32(44)25-46)52-42(26)34-21-31(43-39(48)28-14-17-33(51-4)18-15-28)16-19-35(34)45(40(42)49)23-27-10-6-5-7-11-27/h5-19,21,26,32,36,38,46,50H,20,22-25H2,1-4H3,(H,43,48)/t26-,32-,36+,38-,42+/m0/s1. The molecule has 1 fully saturated rings. The summed E-state index contributed by atoms with van der Waals surface area (Å²) >= 11 is 0. The van der Waals surface area contributed by atoms with Crippen molar-refractivity contribution in [3.63, 3.8) is 0 Å². The molecule has 0 saturated carbocycles. The lowest BCUT2D eigenvalue weighted by Gasteiger charge is -2.38. The summed E-state index contributed by atoms with van der Waals surface area (Å²) in [5, 5.41) is 25.0. The highest BCUT2D eigenvalue weighted by Gasteiger charge is 2.66. The van der Waals surface area contributed by atoms with Crippen molar-refractivity contribution in [3.05, 3.63) is 125 Å². The Balaban J connectivity index is 1.25. The smallest absolute Gasteiger partial charge is 0.264 e. The molecule has 52 heavy (non-hydrogen) atoms. The van der Waals surface area contributed by atoms with E-state index in [2.05, 4.69) is 5.32 Å². The number of nitrogens with zero attached hydrogens (tertiary/aromatic N) is 2. The average Bonchev–Trinajstić information content (AvgIpc) is 3.57. The zero-order chi connectivity index (χ0) is 36.8. The van der Waals surface area contributed by atoms with Gasteiger partial charge in [0, 0.05) is 35.2 Å².